The van der Waals surface area contributed by atoms with Crippen molar-refractivity contribution in [2.75, 3.05) is 7.11 Å². The lowest BCUT2D eigenvalue weighted by atomic mass is 9.75. The van der Waals surface area contributed by atoms with Gasteiger partial charge in [-0.1, -0.05) is 35.5 Å². The molecule has 0 bridgehead atoms. The number of methoxy groups -OCH3 is 1. The minimum atomic E-state index is -0.302. The summed E-state index contributed by atoms with van der Waals surface area (Å²) in [6.45, 7) is 0. The summed E-state index contributed by atoms with van der Waals surface area (Å²) < 4.78 is 10.8. The molecule has 20 heavy (non-hydrogen) atoms. The first-order chi connectivity index (χ1) is 9.70. The van der Waals surface area contributed by atoms with Crippen LogP contribution in [0.25, 0.3) is 0 Å². The van der Waals surface area contributed by atoms with E-state index in [9.17, 15) is 0 Å². The highest BCUT2D eigenvalue weighted by molar-refractivity contribution is 5.22. The van der Waals surface area contributed by atoms with Gasteiger partial charge in [0.05, 0.1) is 0 Å². The first kappa shape index (κ1) is 13.3. The molecule has 2 N–H and O–H groups in total. The van der Waals surface area contributed by atoms with E-state index in [0.29, 0.717) is 18.1 Å². The zero-order chi connectivity index (χ0) is 14.0. The number of ether oxygens (including phenoxy) is 1. The smallest absolute Gasteiger partial charge is 0.228 e. The molecule has 0 spiro atoms. The van der Waals surface area contributed by atoms with E-state index in [-0.39, 0.29) is 11.6 Å². The molecular formula is C15H19N3O2. The zero-order valence-electron chi connectivity index (χ0n) is 11.6. The van der Waals surface area contributed by atoms with Crippen LogP contribution in [0.5, 0.6) is 0 Å². The summed E-state index contributed by atoms with van der Waals surface area (Å²) in [6.07, 6.45) is 3.57. The highest BCUT2D eigenvalue weighted by atomic mass is 16.5. The molecule has 106 valence electrons. The Hall–Kier alpha value is -1.72. The zero-order valence-corrected chi connectivity index (χ0v) is 11.6. The van der Waals surface area contributed by atoms with Crippen LogP contribution < -0.4 is 5.73 Å². The SMILES string of the molecule is COC(c1ccccc1)c1noc(CC2(N)CCC2)n1. The number of aromatic nitrogens is 2. The van der Waals surface area contributed by atoms with E-state index >= 15 is 0 Å². The van der Waals surface area contributed by atoms with Gasteiger partial charge in [0.25, 0.3) is 0 Å². The van der Waals surface area contributed by atoms with Gasteiger partial charge in [0, 0.05) is 19.1 Å². The molecule has 5 heteroatoms. The fourth-order valence-electron chi connectivity index (χ4n) is 2.57. The van der Waals surface area contributed by atoms with Gasteiger partial charge in [0.1, 0.15) is 6.10 Å². The van der Waals surface area contributed by atoms with Crippen LogP contribution in [0.2, 0.25) is 0 Å². The topological polar surface area (TPSA) is 74.2 Å². The van der Waals surface area contributed by atoms with E-state index < -0.39 is 0 Å². The van der Waals surface area contributed by atoms with Crippen LogP contribution in [0.1, 0.15) is 42.6 Å². The first-order valence-electron chi connectivity index (χ1n) is 6.89. The summed E-state index contributed by atoms with van der Waals surface area (Å²) in [5.41, 5.74) is 7.06. The van der Waals surface area contributed by atoms with Crippen LogP contribution in [-0.2, 0) is 11.2 Å². The van der Waals surface area contributed by atoms with E-state index in [1.54, 1.807) is 7.11 Å². The van der Waals surface area contributed by atoms with Crippen molar-refractivity contribution in [1.82, 2.24) is 10.1 Å². The van der Waals surface area contributed by atoms with Crippen LogP contribution in [0, 0.1) is 0 Å². The van der Waals surface area contributed by atoms with Crippen LogP contribution in [-0.4, -0.2) is 22.8 Å². The molecule has 0 aliphatic heterocycles. The molecule has 0 saturated heterocycles. The van der Waals surface area contributed by atoms with Gasteiger partial charge >= 0.3 is 0 Å². The van der Waals surface area contributed by atoms with Gasteiger partial charge in [0.2, 0.25) is 11.7 Å². The van der Waals surface area contributed by atoms with Crippen molar-refractivity contribution in [3.8, 4) is 0 Å². The lowest BCUT2D eigenvalue weighted by Gasteiger charge is -2.36. The average molecular weight is 273 g/mol. The Kier molecular flexibility index (Phi) is 3.54. The largest absolute Gasteiger partial charge is 0.369 e. The molecule has 0 radical (unpaired) electrons. The van der Waals surface area contributed by atoms with Crippen molar-refractivity contribution >= 4 is 0 Å². The number of hydrogen-bond acceptors (Lipinski definition) is 5. The van der Waals surface area contributed by atoms with E-state index in [1.165, 1.54) is 6.42 Å². The van der Waals surface area contributed by atoms with E-state index in [2.05, 4.69) is 10.1 Å². The van der Waals surface area contributed by atoms with Crippen molar-refractivity contribution < 1.29 is 9.26 Å². The third kappa shape index (κ3) is 2.59. The Morgan fingerprint density at radius 3 is 2.70 bits per heavy atom. The maximum atomic E-state index is 6.20. The molecule has 1 unspecified atom stereocenters. The monoisotopic (exact) mass is 273 g/mol. The average Bonchev–Trinajstić information content (AvgIpc) is 2.87. The van der Waals surface area contributed by atoms with Crippen molar-refractivity contribution in [3.05, 3.63) is 47.6 Å². The summed E-state index contributed by atoms with van der Waals surface area (Å²) in [6, 6.07) is 9.87. The minimum Gasteiger partial charge on any atom is -0.369 e. The lowest BCUT2D eigenvalue weighted by molar-refractivity contribution is 0.126. The number of benzene rings is 1. The predicted octanol–water partition coefficient (Wildman–Crippen LogP) is 2.23. The summed E-state index contributed by atoms with van der Waals surface area (Å²) >= 11 is 0. The second-order valence-corrected chi connectivity index (χ2v) is 5.47. The molecule has 1 heterocycles. The quantitative estimate of drug-likeness (QED) is 0.904. The molecule has 1 aromatic carbocycles. The molecule has 1 fully saturated rings. The van der Waals surface area contributed by atoms with Crippen molar-refractivity contribution in [3.63, 3.8) is 0 Å². The molecule has 2 aromatic rings. The molecule has 0 amide bonds. The maximum Gasteiger partial charge on any atom is 0.228 e. The summed E-state index contributed by atoms with van der Waals surface area (Å²) in [7, 11) is 1.64. The Bertz CT molecular complexity index is 564. The molecule has 1 saturated carbocycles. The molecular weight excluding hydrogens is 254 g/mol. The highest BCUT2D eigenvalue weighted by Gasteiger charge is 2.35. The Morgan fingerprint density at radius 2 is 2.10 bits per heavy atom. The second-order valence-electron chi connectivity index (χ2n) is 5.47. The molecule has 5 nitrogen and oxygen atoms in total. The fraction of sp³-hybridized carbons (Fsp3) is 0.467. The van der Waals surface area contributed by atoms with Gasteiger partial charge < -0.3 is 15.0 Å². The first-order valence-corrected chi connectivity index (χ1v) is 6.89. The molecule has 1 aliphatic carbocycles. The molecule has 1 aliphatic rings. The number of nitrogens with zero attached hydrogens (tertiary/aromatic N) is 2. The number of rotatable bonds is 5. The molecule has 3 rings (SSSR count). The number of nitrogens with two attached hydrogens (primary N) is 1. The van der Waals surface area contributed by atoms with Crippen molar-refractivity contribution in [2.45, 2.75) is 37.3 Å². The van der Waals surface area contributed by atoms with Gasteiger partial charge in [-0.3, -0.25) is 0 Å². The maximum absolute atomic E-state index is 6.20. The lowest BCUT2D eigenvalue weighted by Crippen LogP contribution is -2.48. The summed E-state index contributed by atoms with van der Waals surface area (Å²) in [4.78, 5) is 4.44. The van der Waals surface area contributed by atoms with E-state index in [0.717, 1.165) is 18.4 Å². The van der Waals surface area contributed by atoms with E-state index in [1.807, 2.05) is 30.3 Å². The van der Waals surface area contributed by atoms with Crippen molar-refractivity contribution in [2.24, 2.45) is 5.73 Å². The minimum absolute atomic E-state index is 0.154. The Balaban J connectivity index is 1.78. The van der Waals surface area contributed by atoms with Gasteiger partial charge in [-0.15, -0.1) is 0 Å². The van der Waals surface area contributed by atoms with E-state index in [4.69, 9.17) is 15.0 Å². The Morgan fingerprint density at radius 1 is 1.35 bits per heavy atom. The van der Waals surface area contributed by atoms with Crippen molar-refractivity contribution in [1.29, 1.82) is 0 Å². The Labute approximate surface area is 118 Å². The third-order valence-electron chi connectivity index (χ3n) is 3.91. The second kappa shape index (κ2) is 5.34. The standard InChI is InChI=1S/C15H19N3O2/c1-19-13(11-6-3-2-4-7-11)14-17-12(20-18-14)10-15(16)8-5-9-15/h2-4,6-7,13H,5,8-10,16H2,1H3. The van der Waals surface area contributed by atoms with Crippen LogP contribution in [0.3, 0.4) is 0 Å². The van der Waals surface area contributed by atoms with Crippen LogP contribution in [0.15, 0.2) is 34.9 Å². The third-order valence-corrected chi connectivity index (χ3v) is 3.91. The predicted molar refractivity (Wildman–Crippen MR) is 74.1 cm³/mol. The van der Waals surface area contributed by atoms with Crippen LogP contribution >= 0.6 is 0 Å². The normalized spacial score (nSPS) is 18.5. The van der Waals surface area contributed by atoms with Gasteiger partial charge in [-0.05, 0) is 24.8 Å². The highest BCUT2D eigenvalue weighted by Crippen LogP contribution is 2.32. The molecule has 1 atom stereocenters. The van der Waals surface area contributed by atoms with Crippen LogP contribution in [0.4, 0.5) is 0 Å². The summed E-state index contributed by atoms with van der Waals surface area (Å²) in [5, 5.41) is 4.04. The summed E-state index contributed by atoms with van der Waals surface area (Å²) in [5.74, 6) is 1.15. The number of hydrogen-bond donors (Lipinski definition) is 1. The van der Waals surface area contributed by atoms with Gasteiger partial charge in [-0.2, -0.15) is 4.98 Å². The fourth-order valence-corrected chi connectivity index (χ4v) is 2.57. The van der Waals surface area contributed by atoms with Gasteiger partial charge in [-0.25, -0.2) is 0 Å². The van der Waals surface area contributed by atoms with Gasteiger partial charge in [0.15, 0.2) is 0 Å². The molecule has 1 aromatic heterocycles.